The zero-order chi connectivity index (χ0) is 13.5. The van der Waals surface area contributed by atoms with Crippen LogP contribution in [0.4, 0.5) is 8.78 Å². The Balaban J connectivity index is 2.67. The Kier molecular flexibility index (Phi) is 5.71. The Morgan fingerprint density at radius 3 is 2.61 bits per heavy atom. The highest BCUT2D eigenvalue weighted by atomic mass is 19.2. The molecule has 3 nitrogen and oxygen atoms in total. The van der Waals surface area contributed by atoms with Crippen LogP contribution < -0.4 is 0 Å². The maximum atomic E-state index is 13.0. The third-order valence-corrected chi connectivity index (χ3v) is 2.64. The molecule has 1 aromatic rings. The predicted molar refractivity (Wildman–Crippen MR) is 63.8 cm³/mol. The summed E-state index contributed by atoms with van der Waals surface area (Å²) in [5.41, 5.74) is 0.549. The molecule has 18 heavy (non-hydrogen) atoms. The van der Waals surface area contributed by atoms with Gasteiger partial charge in [-0.25, -0.2) is 8.78 Å². The highest BCUT2D eigenvalue weighted by Gasteiger charge is 2.12. The molecule has 0 atom stereocenters. The van der Waals surface area contributed by atoms with Crippen LogP contribution in [-0.4, -0.2) is 29.1 Å². The second-order valence-corrected chi connectivity index (χ2v) is 3.98. The number of carbonyl (C=O) groups excluding carboxylic acids is 1. The highest BCUT2D eigenvalue weighted by molar-refractivity contribution is 5.76. The Morgan fingerprint density at radius 2 is 2.06 bits per heavy atom. The number of aliphatic hydroxyl groups excluding tert-OH is 1. The average molecular weight is 257 g/mol. The summed E-state index contributed by atoms with van der Waals surface area (Å²) >= 11 is 0. The third kappa shape index (κ3) is 4.07. The van der Waals surface area contributed by atoms with Gasteiger partial charge >= 0.3 is 0 Å². The monoisotopic (exact) mass is 257 g/mol. The van der Waals surface area contributed by atoms with E-state index in [2.05, 4.69) is 0 Å². The number of carbonyl (C=O) groups is 1. The molecule has 0 aliphatic carbocycles. The maximum absolute atomic E-state index is 13.0. The van der Waals surface area contributed by atoms with E-state index in [0.29, 0.717) is 18.5 Å². The second-order valence-electron chi connectivity index (χ2n) is 3.98. The van der Waals surface area contributed by atoms with E-state index >= 15 is 0 Å². The summed E-state index contributed by atoms with van der Waals surface area (Å²) in [7, 11) is 0. The van der Waals surface area contributed by atoms with Gasteiger partial charge in [0.15, 0.2) is 11.6 Å². The average Bonchev–Trinajstić information content (AvgIpc) is 2.37. The summed E-state index contributed by atoms with van der Waals surface area (Å²) in [6, 6.07) is 3.61. The lowest BCUT2D eigenvalue weighted by Gasteiger charge is -2.21. The lowest BCUT2D eigenvalue weighted by molar-refractivity contribution is -0.131. The van der Waals surface area contributed by atoms with Crippen LogP contribution in [0.3, 0.4) is 0 Å². The van der Waals surface area contributed by atoms with Crippen molar-refractivity contribution in [2.45, 2.75) is 26.3 Å². The number of hydrogen-bond donors (Lipinski definition) is 1. The molecule has 0 fully saturated rings. The van der Waals surface area contributed by atoms with Crippen LogP contribution >= 0.6 is 0 Å². The molecule has 0 aliphatic heterocycles. The number of rotatable bonds is 6. The van der Waals surface area contributed by atoms with Crippen molar-refractivity contribution >= 4 is 5.91 Å². The minimum Gasteiger partial charge on any atom is -0.396 e. The molecule has 5 heteroatoms. The molecule has 0 bridgehead atoms. The first-order valence-electron chi connectivity index (χ1n) is 5.91. The smallest absolute Gasteiger partial charge is 0.222 e. The molecule has 1 amide bonds. The van der Waals surface area contributed by atoms with Gasteiger partial charge in [0, 0.05) is 26.1 Å². The zero-order valence-electron chi connectivity index (χ0n) is 10.3. The van der Waals surface area contributed by atoms with Gasteiger partial charge < -0.3 is 10.0 Å². The van der Waals surface area contributed by atoms with E-state index in [4.69, 9.17) is 5.11 Å². The van der Waals surface area contributed by atoms with E-state index < -0.39 is 11.6 Å². The zero-order valence-corrected chi connectivity index (χ0v) is 10.3. The van der Waals surface area contributed by atoms with Gasteiger partial charge in [0.2, 0.25) is 5.91 Å². The molecule has 1 N–H and O–H groups in total. The van der Waals surface area contributed by atoms with Crippen molar-refractivity contribution in [2.75, 3.05) is 13.2 Å². The quantitative estimate of drug-likeness (QED) is 0.847. The SMILES string of the molecule is CCN(Cc1ccc(F)c(F)c1)C(=O)CCCO. The normalized spacial score (nSPS) is 10.4. The number of halogens is 2. The Bertz CT molecular complexity index is 410. The highest BCUT2D eigenvalue weighted by Crippen LogP contribution is 2.12. The van der Waals surface area contributed by atoms with Crippen LogP contribution in [0.5, 0.6) is 0 Å². The molecule has 1 rings (SSSR count). The molecule has 0 saturated heterocycles. The molecule has 0 saturated carbocycles. The summed E-state index contributed by atoms with van der Waals surface area (Å²) in [4.78, 5) is 13.3. The summed E-state index contributed by atoms with van der Waals surface area (Å²) in [5, 5.41) is 8.66. The van der Waals surface area contributed by atoms with Gasteiger partial charge in [0.1, 0.15) is 0 Å². The fraction of sp³-hybridized carbons (Fsp3) is 0.462. The molecule has 0 radical (unpaired) electrons. The van der Waals surface area contributed by atoms with Crippen molar-refractivity contribution in [3.05, 3.63) is 35.4 Å². The van der Waals surface area contributed by atoms with Crippen molar-refractivity contribution in [3.63, 3.8) is 0 Å². The van der Waals surface area contributed by atoms with Crippen LogP contribution in [0, 0.1) is 11.6 Å². The largest absolute Gasteiger partial charge is 0.396 e. The van der Waals surface area contributed by atoms with Gasteiger partial charge in [0.25, 0.3) is 0 Å². The van der Waals surface area contributed by atoms with Crippen LogP contribution in [0.2, 0.25) is 0 Å². The lowest BCUT2D eigenvalue weighted by atomic mass is 10.2. The molecular formula is C13H17F2NO2. The predicted octanol–water partition coefficient (Wildman–Crippen LogP) is 2.09. The van der Waals surface area contributed by atoms with Gasteiger partial charge in [-0.1, -0.05) is 6.07 Å². The topological polar surface area (TPSA) is 40.5 Å². The fourth-order valence-electron chi connectivity index (χ4n) is 1.62. The first kappa shape index (κ1) is 14.6. The Labute approximate surface area is 105 Å². The van der Waals surface area contributed by atoms with E-state index in [0.717, 1.165) is 12.1 Å². The molecule has 100 valence electrons. The molecule has 0 spiro atoms. The Morgan fingerprint density at radius 1 is 1.33 bits per heavy atom. The van der Waals surface area contributed by atoms with Crippen LogP contribution in [0.25, 0.3) is 0 Å². The minimum atomic E-state index is -0.911. The summed E-state index contributed by atoms with van der Waals surface area (Å²) < 4.78 is 25.8. The van der Waals surface area contributed by atoms with Crippen molar-refractivity contribution in [1.82, 2.24) is 4.90 Å². The van der Waals surface area contributed by atoms with E-state index in [9.17, 15) is 13.6 Å². The van der Waals surface area contributed by atoms with Crippen LogP contribution in [-0.2, 0) is 11.3 Å². The minimum absolute atomic E-state index is 0.0333. The van der Waals surface area contributed by atoms with Gasteiger partial charge in [-0.15, -0.1) is 0 Å². The number of nitrogens with zero attached hydrogens (tertiary/aromatic N) is 1. The number of amides is 1. The van der Waals surface area contributed by atoms with Gasteiger partial charge in [0.05, 0.1) is 0 Å². The standard InChI is InChI=1S/C13H17F2NO2/c1-2-16(13(18)4-3-7-17)9-10-5-6-11(14)12(15)8-10/h5-6,8,17H,2-4,7,9H2,1H3. The molecule has 0 unspecified atom stereocenters. The van der Waals surface area contributed by atoms with E-state index in [-0.39, 0.29) is 25.5 Å². The molecule has 0 aromatic heterocycles. The van der Waals surface area contributed by atoms with Gasteiger partial charge in [-0.2, -0.15) is 0 Å². The number of hydrogen-bond acceptors (Lipinski definition) is 2. The number of aliphatic hydroxyl groups is 1. The Hall–Kier alpha value is -1.49. The first-order valence-corrected chi connectivity index (χ1v) is 5.91. The van der Waals surface area contributed by atoms with Crippen molar-refractivity contribution in [2.24, 2.45) is 0 Å². The first-order chi connectivity index (χ1) is 8.58. The number of benzene rings is 1. The summed E-state index contributed by atoms with van der Waals surface area (Å²) in [6.45, 7) is 2.52. The molecule has 0 heterocycles. The van der Waals surface area contributed by atoms with Gasteiger partial charge in [-0.3, -0.25) is 4.79 Å². The molecule has 0 aliphatic rings. The summed E-state index contributed by atoms with van der Waals surface area (Å²) in [5.74, 6) is -1.91. The van der Waals surface area contributed by atoms with Crippen LogP contribution in [0.1, 0.15) is 25.3 Å². The molecule has 1 aromatic carbocycles. The summed E-state index contributed by atoms with van der Waals surface area (Å²) in [6.07, 6.45) is 0.668. The van der Waals surface area contributed by atoms with Crippen molar-refractivity contribution < 1.29 is 18.7 Å². The molecular weight excluding hydrogens is 240 g/mol. The van der Waals surface area contributed by atoms with E-state index in [1.165, 1.54) is 6.07 Å². The van der Waals surface area contributed by atoms with Crippen molar-refractivity contribution in [1.29, 1.82) is 0 Å². The van der Waals surface area contributed by atoms with Crippen molar-refractivity contribution in [3.8, 4) is 0 Å². The van der Waals surface area contributed by atoms with E-state index in [1.54, 1.807) is 4.90 Å². The third-order valence-electron chi connectivity index (χ3n) is 2.64. The van der Waals surface area contributed by atoms with Gasteiger partial charge in [-0.05, 0) is 31.0 Å². The lowest BCUT2D eigenvalue weighted by Crippen LogP contribution is -2.30. The van der Waals surface area contributed by atoms with E-state index in [1.807, 2.05) is 6.92 Å². The fourth-order valence-corrected chi connectivity index (χ4v) is 1.62. The van der Waals surface area contributed by atoms with Crippen LogP contribution in [0.15, 0.2) is 18.2 Å². The second kappa shape index (κ2) is 7.06. The maximum Gasteiger partial charge on any atom is 0.222 e.